The van der Waals surface area contributed by atoms with E-state index in [9.17, 15) is 9.59 Å². The molecular formula is C12H22N2O3. The van der Waals surface area contributed by atoms with Gasteiger partial charge in [0.1, 0.15) is 17.4 Å². The van der Waals surface area contributed by atoms with Crippen molar-refractivity contribution in [3.8, 4) is 0 Å². The second-order valence-electron chi connectivity index (χ2n) is 5.63. The highest BCUT2D eigenvalue weighted by Crippen LogP contribution is 2.31. The monoisotopic (exact) mass is 242 g/mol. The Hall–Kier alpha value is -1.10. The third kappa shape index (κ3) is 3.43. The molecule has 0 aromatic carbocycles. The first-order valence-corrected chi connectivity index (χ1v) is 6.05. The van der Waals surface area contributed by atoms with E-state index in [-0.39, 0.29) is 0 Å². The normalized spacial score (nSPS) is 19.5. The average molecular weight is 242 g/mol. The Kier molecular flexibility index (Phi) is 4.14. The number of carbonyl (C=O) groups excluding carboxylic acids is 2. The summed E-state index contributed by atoms with van der Waals surface area (Å²) < 4.78 is 5.18. The smallest absolute Gasteiger partial charge is 0.425 e. The molecule has 5 nitrogen and oxygen atoms in total. The Morgan fingerprint density at radius 2 is 1.82 bits per heavy atom. The molecule has 0 spiro atoms. The molecule has 1 aliphatic rings. The molecular weight excluding hydrogens is 220 g/mol. The first kappa shape index (κ1) is 14.0. The van der Waals surface area contributed by atoms with Crippen molar-refractivity contribution in [1.29, 1.82) is 0 Å². The van der Waals surface area contributed by atoms with E-state index in [2.05, 4.69) is 0 Å². The lowest BCUT2D eigenvalue weighted by Crippen LogP contribution is -2.58. The fourth-order valence-corrected chi connectivity index (χ4v) is 2.07. The van der Waals surface area contributed by atoms with E-state index >= 15 is 0 Å². The number of hydrazine groups is 1. The second-order valence-corrected chi connectivity index (χ2v) is 5.63. The van der Waals surface area contributed by atoms with E-state index in [0.29, 0.717) is 12.8 Å². The Bertz CT molecular complexity index is 291. The maximum Gasteiger partial charge on any atom is 0.425 e. The zero-order chi connectivity index (χ0) is 13.1. The molecule has 0 bridgehead atoms. The van der Waals surface area contributed by atoms with Crippen LogP contribution in [0.1, 0.15) is 52.9 Å². The second kappa shape index (κ2) is 5.04. The minimum atomic E-state index is -0.874. The molecule has 0 unspecified atom stereocenters. The number of nitrogens with zero attached hydrogens (tertiary/aromatic N) is 1. The van der Waals surface area contributed by atoms with Crippen LogP contribution in [0, 0.1) is 0 Å². The van der Waals surface area contributed by atoms with Crippen molar-refractivity contribution in [2.45, 2.75) is 64.0 Å². The summed E-state index contributed by atoms with van der Waals surface area (Å²) in [6.45, 7) is 5.31. The standard InChI is InChI=1S/C12H22N2O3/c1-11(2,3)17-10(16)14(13)12(9-15)7-5-4-6-8-12/h9H,4-8,13H2,1-3H3. The topological polar surface area (TPSA) is 72.6 Å². The molecule has 1 rings (SSSR count). The summed E-state index contributed by atoms with van der Waals surface area (Å²) in [6, 6.07) is 0. The van der Waals surface area contributed by atoms with E-state index in [1.165, 1.54) is 0 Å². The number of nitrogens with two attached hydrogens (primary N) is 1. The number of hydrogen-bond donors (Lipinski definition) is 1. The van der Waals surface area contributed by atoms with Crippen LogP contribution in [0.5, 0.6) is 0 Å². The van der Waals surface area contributed by atoms with Crippen molar-refractivity contribution in [2.75, 3.05) is 0 Å². The molecule has 0 heterocycles. The van der Waals surface area contributed by atoms with Crippen LogP contribution in [0.15, 0.2) is 0 Å². The summed E-state index contributed by atoms with van der Waals surface area (Å²) in [5, 5.41) is 0.977. The van der Waals surface area contributed by atoms with Crippen LogP contribution in [-0.4, -0.2) is 28.5 Å². The van der Waals surface area contributed by atoms with Gasteiger partial charge < -0.3 is 9.53 Å². The molecule has 1 aliphatic carbocycles. The van der Waals surface area contributed by atoms with Gasteiger partial charge in [-0.15, -0.1) is 0 Å². The van der Waals surface area contributed by atoms with Crippen LogP contribution in [0.25, 0.3) is 0 Å². The van der Waals surface area contributed by atoms with Crippen LogP contribution in [-0.2, 0) is 9.53 Å². The van der Waals surface area contributed by atoms with Gasteiger partial charge in [-0.2, -0.15) is 0 Å². The lowest BCUT2D eigenvalue weighted by atomic mass is 9.82. The van der Waals surface area contributed by atoms with Gasteiger partial charge >= 0.3 is 6.09 Å². The third-order valence-electron chi connectivity index (χ3n) is 3.01. The molecule has 0 aromatic rings. The highest BCUT2D eigenvalue weighted by molar-refractivity contribution is 5.76. The fourth-order valence-electron chi connectivity index (χ4n) is 2.07. The largest absolute Gasteiger partial charge is 0.443 e. The predicted octanol–water partition coefficient (Wildman–Crippen LogP) is 2.00. The van der Waals surface area contributed by atoms with Gasteiger partial charge in [0.25, 0.3) is 0 Å². The van der Waals surface area contributed by atoms with Crippen LogP contribution in [0.3, 0.4) is 0 Å². The van der Waals surface area contributed by atoms with Crippen molar-refractivity contribution < 1.29 is 14.3 Å². The first-order chi connectivity index (χ1) is 7.81. The predicted molar refractivity (Wildman–Crippen MR) is 64.1 cm³/mol. The summed E-state index contributed by atoms with van der Waals surface area (Å²) in [4.78, 5) is 23.1. The van der Waals surface area contributed by atoms with Gasteiger partial charge in [0, 0.05) is 0 Å². The average Bonchev–Trinajstić information content (AvgIpc) is 2.26. The molecule has 0 aromatic heterocycles. The van der Waals surface area contributed by atoms with Crippen LogP contribution in [0.4, 0.5) is 4.79 Å². The van der Waals surface area contributed by atoms with Crippen LogP contribution >= 0.6 is 0 Å². The molecule has 17 heavy (non-hydrogen) atoms. The van der Waals surface area contributed by atoms with Gasteiger partial charge in [0.05, 0.1) is 0 Å². The van der Waals surface area contributed by atoms with Gasteiger partial charge in [-0.25, -0.2) is 15.6 Å². The molecule has 1 fully saturated rings. The van der Waals surface area contributed by atoms with Gasteiger partial charge in [-0.3, -0.25) is 0 Å². The van der Waals surface area contributed by atoms with Crippen molar-refractivity contribution in [3.63, 3.8) is 0 Å². The number of amides is 1. The fraction of sp³-hybridized carbons (Fsp3) is 0.833. The Morgan fingerprint density at radius 1 is 1.29 bits per heavy atom. The van der Waals surface area contributed by atoms with Gasteiger partial charge in [0.15, 0.2) is 0 Å². The van der Waals surface area contributed by atoms with Gasteiger partial charge in [-0.05, 0) is 33.6 Å². The van der Waals surface area contributed by atoms with E-state index in [0.717, 1.165) is 30.6 Å². The van der Waals surface area contributed by atoms with Gasteiger partial charge in [-0.1, -0.05) is 19.3 Å². The summed E-state index contributed by atoms with van der Waals surface area (Å²) in [5.74, 6) is 5.77. The summed E-state index contributed by atoms with van der Waals surface area (Å²) in [6.07, 6.45) is 4.29. The lowest BCUT2D eigenvalue weighted by molar-refractivity contribution is -0.121. The Morgan fingerprint density at radius 3 is 2.24 bits per heavy atom. The number of aldehydes is 1. The van der Waals surface area contributed by atoms with Crippen LogP contribution in [0.2, 0.25) is 0 Å². The minimum absolute atomic E-state index is 0.604. The number of ether oxygens (including phenoxy) is 1. The minimum Gasteiger partial charge on any atom is -0.443 e. The molecule has 0 radical (unpaired) electrons. The summed E-state index contributed by atoms with van der Waals surface area (Å²) in [5.41, 5.74) is -1.48. The number of carbonyl (C=O) groups is 2. The molecule has 98 valence electrons. The quantitative estimate of drug-likeness (QED) is 0.348. The van der Waals surface area contributed by atoms with Crippen molar-refractivity contribution in [3.05, 3.63) is 0 Å². The summed E-state index contributed by atoms with van der Waals surface area (Å²) in [7, 11) is 0. The number of rotatable bonds is 2. The molecule has 0 saturated heterocycles. The molecule has 1 saturated carbocycles. The third-order valence-corrected chi connectivity index (χ3v) is 3.01. The van der Waals surface area contributed by atoms with Gasteiger partial charge in [0.2, 0.25) is 0 Å². The van der Waals surface area contributed by atoms with E-state index < -0.39 is 17.2 Å². The zero-order valence-electron chi connectivity index (χ0n) is 10.9. The maximum absolute atomic E-state index is 11.8. The highest BCUT2D eigenvalue weighted by Gasteiger charge is 2.41. The maximum atomic E-state index is 11.8. The van der Waals surface area contributed by atoms with Crippen molar-refractivity contribution >= 4 is 12.4 Å². The van der Waals surface area contributed by atoms with E-state index in [1.807, 2.05) is 0 Å². The SMILES string of the molecule is CC(C)(C)OC(=O)N(N)C1(C=O)CCCCC1. The van der Waals surface area contributed by atoms with E-state index in [1.54, 1.807) is 20.8 Å². The zero-order valence-corrected chi connectivity index (χ0v) is 10.9. The Labute approximate surface area is 102 Å². The number of hydrogen-bond acceptors (Lipinski definition) is 4. The lowest BCUT2D eigenvalue weighted by Gasteiger charge is -2.39. The van der Waals surface area contributed by atoms with Crippen molar-refractivity contribution in [2.24, 2.45) is 5.84 Å². The first-order valence-electron chi connectivity index (χ1n) is 6.05. The highest BCUT2D eigenvalue weighted by atomic mass is 16.6. The van der Waals surface area contributed by atoms with Crippen LogP contribution < -0.4 is 5.84 Å². The molecule has 1 amide bonds. The molecule has 0 aliphatic heterocycles. The summed E-state index contributed by atoms with van der Waals surface area (Å²) >= 11 is 0. The van der Waals surface area contributed by atoms with Crippen molar-refractivity contribution in [1.82, 2.24) is 5.01 Å². The molecule has 0 atom stereocenters. The Balaban J connectivity index is 2.75. The van der Waals surface area contributed by atoms with E-state index in [4.69, 9.17) is 10.6 Å². The molecule has 2 N–H and O–H groups in total. The molecule has 5 heteroatoms.